The fourth-order valence-electron chi connectivity index (χ4n) is 2.33. The van der Waals surface area contributed by atoms with Crippen LogP contribution in [0.4, 0.5) is 4.39 Å². The molecule has 0 unspecified atom stereocenters. The summed E-state index contributed by atoms with van der Waals surface area (Å²) in [6, 6.07) is 13.9. The number of halogens is 1. The van der Waals surface area contributed by atoms with Crippen molar-refractivity contribution in [2.75, 3.05) is 6.79 Å². The molecule has 5 heteroatoms. The number of hydrogen-bond acceptors (Lipinski definition) is 3. The van der Waals surface area contributed by atoms with E-state index < -0.39 is 0 Å². The highest BCUT2D eigenvalue weighted by Gasteiger charge is 2.15. The van der Waals surface area contributed by atoms with Crippen LogP contribution in [0.1, 0.15) is 0 Å². The molecule has 21 heavy (non-hydrogen) atoms. The molecule has 1 aromatic heterocycles. The normalized spacial score (nSPS) is 12.6. The maximum atomic E-state index is 13.3. The van der Waals surface area contributed by atoms with Gasteiger partial charge in [0.2, 0.25) is 6.79 Å². The topological polar surface area (TPSA) is 47.1 Å². The lowest BCUT2D eigenvalue weighted by Crippen LogP contribution is -1.92. The van der Waals surface area contributed by atoms with Gasteiger partial charge < -0.3 is 9.47 Å². The Bertz CT molecular complexity index is 814. The van der Waals surface area contributed by atoms with Crippen molar-refractivity contribution in [1.82, 2.24) is 10.2 Å². The van der Waals surface area contributed by atoms with Crippen LogP contribution in [-0.2, 0) is 0 Å². The molecule has 2 aromatic carbocycles. The van der Waals surface area contributed by atoms with E-state index in [9.17, 15) is 4.39 Å². The van der Waals surface area contributed by atoms with E-state index in [0.717, 1.165) is 28.3 Å². The summed E-state index contributed by atoms with van der Waals surface area (Å²) >= 11 is 0. The Labute approximate surface area is 120 Å². The first kappa shape index (κ1) is 12.0. The molecule has 0 atom stereocenters. The second-order valence-electron chi connectivity index (χ2n) is 4.75. The van der Waals surface area contributed by atoms with Crippen molar-refractivity contribution < 1.29 is 13.9 Å². The number of aromatic amines is 1. The molecule has 0 fully saturated rings. The lowest BCUT2D eigenvalue weighted by molar-refractivity contribution is 0.174. The van der Waals surface area contributed by atoms with E-state index in [1.54, 1.807) is 6.07 Å². The van der Waals surface area contributed by atoms with Gasteiger partial charge >= 0.3 is 0 Å². The number of rotatable bonds is 2. The van der Waals surface area contributed by atoms with Crippen molar-refractivity contribution in [2.45, 2.75) is 0 Å². The number of nitrogens with one attached hydrogen (secondary N) is 1. The third kappa shape index (κ3) is 2.12. The highest BCUT2D eigenvalue weighted by molar-refractivity contribution is 5.70. The predicted octanol–water partition coefficient (Wildman–Crippen LogP) is 3.61. The molecule has 3 aromatic rings. The summed E-state index contributed by atoms with van der Waals surface area (Å²) in [4.78, 5) is 0. The van der Waals surface area contributed by atoms with Crippen molar-refractivity contribution in [2.24, 2.45) is 0 Å². The van der Waals surface area contributed by atoms with Gasteiger partial charge in [-0.05, 0) is 36.4 Å². The molecule has 0 radical (unpaired) electrons. The van der Waals surface area contributed by atoms with E-state index in [2.05, 4.69) is 10.2 Å². The Morgan fingerprint density at radius 1 is 0.952 bits per heavy atom. The molecule has 0 aliphatic carbocycles. The minimum Gasteiger partial charge on any atom is -0.454 e. The lowest BCUT2D eigenvalue weighted by atomic mass is 10.1. The number of fused-ring (bicyclic) bond motifs is 1. The Hall–Kier alpha value is -2.82. The fourth-order valence-corrected chi connectivity index (χ4v) is 2.33. The van der Waals surface area contributed by atoms with Crippen LogP contribution in [0.5, 0.6) is 11.5 Å². The molecule has 0 spiro atoms. The smallest absolute Gasteiger partial charge is 0.231 e. The molecule has 104 valence electrons. The van der Waals surface area contributed by atoms with Crippen molar-refractivity contribution in [1.29, 1.82) is 0 Å². The minimum atomic E-state index is -0.272. The summed E-state index contributed by atoms with van der Waals surface area (Å²) < 4.78 is 23.9. The van der Waals surface area contributed by atoms with E-state index in [-0.39, 0.29) is 12.6 Å². The first-order valence-electron chi connectivity index (χ1n) is 6.51. The zero-order chi connectivity index (χ0) is 14.2. The highest BCUT2D eigenvalue weighted by Crippen LogP contribution is 2.36. The molecule has 4 nitrogen and oxygen atoms in total. The summed E-state index contributed by atoms with van der Waals surface area (Å²) in [6.07, 6.45) is 0. The molecule has 0 saturated carbocycles. The standard InChI is InChI=1S/C16H11FN2O2/c17-12-3-1-2-10(6-12)13-8-14(19-18-13)11-4-5-15-16(7-11)21-9-20-15/h1-8H,9H2,(H,18,19). The molecule has 2 heterocycles. The highest BCUT2D eigenvalue weighted by atomic mass is 19.1. The quantitative estimate of drug-likeness (QED) is 0.781. The van der Waals surface area contributed by atoms with Crippen LogP contribution in [0.2, 0.25) is 0 Å². The first-order valence-corrected chi connectivity index (χ1v) is 6.51. The maximum Gasteiger partial charge on any atom is 0.231 e. The predicted molar refractivity (Wildman–Crippen MR) is 75.5 cm³/mol. The molecule has 4 rings (SSSR count). The van der Waals surface area contributed by atoms with Crippen LogP contribution in [-0.4, -0.2) is 17.0 Å². The van der Waals surface area contributed by atoms with Gasteiger partial charge in [0.1, 0.15) is 5.82 Å². The number of hydrogen-bond donors (Lipinski definition) is 1. The molecule has 1 aliphatic heterocycles. The van der Waals surface area contributed by atoms with Gasteiger partial charge in [-0.3, -0.25) is 5.10 Å². The van der Waals surface area contributed by atoms with Crippen molar-refractivity contribution in [3.05, 3.63) is 54.3 Å². The third-order valence-electron chi connectivity index (χ3n) is 3.38. The summed E-state index contributed by atoms with van der Waals surface area (Å²) in [6.45, 7) is 0.244. The van der Waals surface area contributed by atoms with Gasteiger partial charge in [0.05, 0.1) is 11.4 Å². The molecule has 0 amide bonds. The van der Waals surface area contributed by atoms with Gasteiger partial charge in [0.25, 0.3) is 0 Å². The fraction of sp³-hybridized carbons (Fsp3) is 0.0625. The zero-order valence-corrected chi connectivity index (χ0v) is 11.0. The van der Waals surface area contributed by atoms with Crippen molar-refractivity contribution in [3.8, 4) is 34.0 Å². The third-order valence-corrected chi connectivity index (χ3v) is 3.38. The molecular formula is C16H11FN2O2. The van der Waals surface area contributed by atoms with E-state index in [0.29, 0.717) is 5.75 Å². The van der Waals surface area contributed by atoms with Gasteiger partial charge in [0, 0.05) is 11.1 Å². The Kier molecular flexibility index (Phi) is 2.64. The first-order chi connectivity index (χ1) is 10.3. The Morgan fingerprint density at radius 3 is 2.76 bits per heavy atom. The van der Waals surface area contributed by atoms with Gasteiger partial charge in [0.15, 0.2) is 11.5 Å². The van der Waals surface area contributed by atoms with Crippen LogP contribution < -0.4 is 9.47 Å². The van der Waals surface area contributed by atoms with E-state index in [1.807, 2.05) is 30.3 Å². The van der Waals surface area contributed by atoms with Crippen molar-refractivity contribution >= 4 is 0 Å². The zero-order valence-electron chi connectivity index (χ0n) is 11.0. The van der Waals surface area contributed by atoms with Gasteiger partial charge in [-0.15, -0.1) is 0 Å². The Morgan fingerprint density at radius 2 is 1.86 bits per heavy atom. The molecular weight excluding hydrogens is 271 g/mol. The number of aromatic nitrogens is 2. The molecule has 0 saturated heterocycles. The SMILES string of the molecule is Fc1cccc(-c2cc(-c3ccc4c(c3)OCO4)n[nH]2)c1. The largest absolute Gasteiger partial charge is 0.454 e. The van der Waals surface area contributed by atoms with E-state index in [1.165, 1.54) is 12.1 Å². The van der Waals surface area contributed by atoms with Crippen LogP contribution in [0.3, 0.4) is 0 Å². The van der Waals surface area contributed by atoms with Gasteiger partial charge in [-0.25, -0.2) is 4.39 Å². The van der Waals surface area contributed by atoms with Crippen LogP contribution >= 0.6 is 0 Å². The lowest BCUT2D eigenvalue weighted by Gasteiger charge is -1.99. The van der Waals surface area contributed by atoms with Crippen LogP contribution in [0.15, 0.2) is 48.5 Å². The molecule has 0 bridgehead atoms. The van der Waals surface area contributed by atoms with Gasteiger partial charge in [-0.1, -0.05) is 12.1 Å². The van der Waals surface area contributed by atoms with E-state index in [4.69, 9.17) is 9.47 Å². The number of H-pyrrole nitrogens is 1. The number of nitrogens with zero attached hydrogens (tertiary/aromatic N) is 1. The maximum absolute atomic E-state index is 13.3. The van der Waals surface area contributed by atoms with E-state index >= 15 is 0 Å². The van der Waals surface area contributed by atoms with Crippen molar-refractivity contribution in [3.63, 3.8) is 0 Å². The number of benzene rings is 2. The summed E-state index contributed by atoms with van der Waals surface area (Å²) in [5.74, 6) is 1.18. The Balaban J connectivity index is 1.71. The number of ether oxygens (including phenoxy) is 2. The minimum absolute atomic E-state index is 0.244. The van der Waals surface area contributed by atoms with Gasteiger partial charge in [-0.2, -0.15) is 5.10 Å². The monoisotopic (exact) mass is 282 g/mol. The summed E-state index contributed by atoms with van der Waals surface area (Å²) in [7, 11) is 0. The van der Waals surface area contributed by atoms with Crippen LogP contribution in [0, 0.1) is 5.82 Å². The van der Waals surface area contributed by atoms with Crippen LogP contribution in [0.25, 0.3) is 22.5 Å². The average Bonchev–Trinajstić information content (AvgIpc) is 3.15. The summed E-state index contributed by atoms with van der Waals surface area (Å²) in [5.41, 5.74) is 3.21. The molecule has 1 N–H and O–H groups in total. The average molecular weight is 282 g/mol. The summed E-state index contributed by atoms with van der Waals surface area (Å²) in [5, 5.41) is 7.20. The second kappa shape index (κ2) is 4.63. The second-order valence-corrected chi connectivity index (χ2v) is 4.75. The molecule has 1 aliphatic rings.